The summed E-state index contributed by atoms with van der Waals surface area (Å²) in [6, 6.07) is 9.49. The number of nitrogens with zero attached hydrogens (tertiary/aromatic N) is 2. The maximum atomic E-state index is 9.59. The van der Waals surface area contributed by atoms with Crippen molar-refractivity contribution in [2.75, 3.05) is 6.61 Å². The Morgan fingerprint density at radius 2 is 1.79 bits per heavy atom. The van der Waals surface area contributed by atoms with Crippen LogP contribution in [0, 0.1) is 11.3 Å². The van der Waals surface area contributed by atoms with Crippen LogP contribution in [0.25, 0.3) is 10.9 Å². The summed E-state index contributed by atoms with van der Waals surface area (Å²) in [5, 5.41) is 10.5. The molecule has 0 saturated carbocycles. The van der Waals surface area contributed by atoms with E-state index in [9.17, 15) is 5.26 Å². The number of benzene rings is 1. The van der Waals surface area contributed by atoms with Gasteiger partial charge in [-0.2, -0.15) is 5.26 Å². The summed E-state index contributed by atoms with van der Waals surface area (Å²) < 4.78 is 20.2. The zero-order valence-electron chi connectivity index (χ0n) is 18.1. The molecule has 0 unspecified atom stereocenters. The number of hydrogen-bond acceptors (Lipinski definition) is 4. The van der Waals surface area contributed by atoms with Crippen molar-refractivity contribution in [2.24, 2.45) is 0 Å². The summed E-state index contributed by atoms with van der Waals surface area (Å²) in [4.78, 5) is 0. The van der Waals surface area contributed by atoms with Gasteiger partial charge in [-0.1, -0.05) is 31.8 Å². The van der Waals surface area contributed by atoms with Gasteiger partial charge in [-0.25, -0.2) is 0 Å². The van der Waals surface area contributed by atoms with E-state index in [1.165, 1.54) is 0 Å². The van der Waals surface area contributed by atoms with E-state index in [1.807, 2.05) is 56.7 Å². The zero-order valence-corrected chi connectivity index (χ0v) is 19.1. The Balaban J connectivity index is 1.82. The van der Waals surface area contributed by atoms with E-state index in [1.54, 1.807) is 0 Å². The van der Waals surface area contributed by atoms with Crippen LogP contribution in [-0.4, -0.2) is 37.6 Å². The Morgan fingerprint density at radius 1 is 1.14 bits per heavy atom. The topological polar surface area (TPSA) is 56.4 Å². The number of fused-ring (bicyclic) bond motifs is 1. The lowest BCUT2D eigenvalue weighted by molar-refractivity contribution is 0.00578. The van der Waals surface area contributed by atoms with Crippen LogP contribution in [0.3, 0.4) is 0 Å². The lowest BCUT2D eigenvalue weighted by Crippen LogP contribution is -2.41. The molecule has 0 atom stereocenters. The SMILES string of the molecule is CC1(C)OB(c2ccc3c(c2)c(C#N)cn3COCC[Si](C)(C)C)OC1(C)C. The van der Waals surface area contributed by atoms with Gasteiger partial charge in [0.05, 0.1) is 22.3 Å². The molecule has 0 spiro atoms. The van der Waals surface area contributed by atoms with Gasteiger partial charge in [0.25, 0.3) is 0 Å². The van der Waals surface area contributed by atoms with E-state index in [0.717, 1.165) is 29.0 Å². The van der Waals surface area contributed by atoms with Crippen LogP contribution in [0.4, 0.5) is 0 Å². The average molecular weight is 398 g/mol. The average Bonchev–Trinajstić information content (AvgIpc) is 3.04. The summed E-state index contributed by atoms with van der Waals surface area (Å²) in [5.74, 6) is 0. The molecule has 0 aliphatic carbocycles. The molecule has 2 aromatic rings. The van der Waals surface area contributed by atoms with Crippen LogP contribution in [-0.2, 0) is 20.8 Å². The standard InChI is InChI=1S/C21H31BN2O3Si/c1-20(2)21(3,4)27-22(26-20)17-8-9-19-18(12-17)16(13-23)14-24(19)15-25-10-11-28(5,6)7/h8-9,12,14H,10-11,15H2,1-7H3. The number of ether oxygens (including phenoxy) is 1. The fourth-order valence-corrected chi connectivity index (χ4v) is 3.93. The summed E-state index contributed by atoms with van der Waals surface area (Å²) in [5.41, 5.74) is 1.79. The van der Waals surface area contributed by atoms with Gasteiger partial charge in [0.2, 0.25) is 0 Å². The molecule has 2 heterocycles. The minimum absolute atomic E-state index is 0.388. The van der Waals surface area contributed by atoms with Crippen molar-refractivity contribution < 1.29 is 14.0 Å². The summed E-state index contributed by atoms with van der Waals surface area (Å²) in [6.45, 7) is 16.4. The molecule has 0 bridgehead atoms. The van der Waals surface area contributed by atoms with E-state index in [-0.39, 0.29) is 11.2 Å². The van der Waals surface area contributed by atoms with E-state index in [4.69, 9.17) is 14.0 Å². The smallest absolute Gasteiger partial charge is 0.399 e. The van der Waals surface area contributed by atoms with Crippen LogP contribution in [0.2, 0.25) is 25.7 Å². The first-order valence-electron chi connectivity index (χ1n) is 9.90. The highest BCUT2D eigenvalue weighted by Crippen LogP contribution is 2.36. The third-order valence-electron chi connectivity index (χ3n) is 5.78. The monoisotopic (exact) mass is 398 g/mol. The molecule has 150 valence electrons. The van der Waals surface area contributed by atoms with Gasteiger partial charge in [0, 0.05) is 26.3 Å². The Morgan fingerprint density at radius 3 is 2.36 bits per heavy atom. The van der Waals surface area contributed by atoms with Crippen LogP contribution >= 0.6 is 0 Å². The number of aromatic nitrogens is 1. The summed E-state index contributed by atoms with van der Waals surface area (Å²) >= 11 is 0. The molecule has 1 aromatic carbocycles. The van der Waals surface area contributed by atoms with E-state index in [0.29, 0.717) is 12.3 Å². The van der Waals surface area contributed by atoms with Crippen molar-refractivity contribution in [3.05, 3.63) is 30.0 Å². The highest BCUT2D eigenvalue weighted by Gasteiger charge is 2.51. The molecule has 1 aromatic heterocycles. The van der Waals surface area contributed by atoms with Crippen molar-refractivity contribution in [1.82, 2.24) is 4.57 Å². The fraction of sp³-hybridized carbons (Fsp3) is 0.571. The molecule has 0 N–H and O–H groups in total. The first-order valence-corrected chi connectivity index (χ1v) is 13.6. The lowest BCUT2D eigenvalue weighted by atomic mass is 9.78. The molecule has 1 saturated heterocycles. The molecule has 5 nitrogen and oxygen atoms in total. The van der Waals surface area contributed by atoms with Gasteiger partial charge in [0.1, 0.15) is 12.8 Å². The predicted octanol–water partition coefficient (Wildman–Crippen LogP) is 4.12. The summed E-state index contributed by atoms with van der Waals surface area (Å²) in [6.07, 6.45) is 1.87. The number of rotatable bonds is 6. The Hall–Kier alpha value is -1.59. The minimum atomic E-state index is -1.11. The molecule has 1 fully saturated rings. The predicted molar refractivity (Wildman–Crippen MR) is 116 cm³/mol. The third kappa shape index (κ3) is 4.20. The molecule has 1 aliphatic heterocycles. The molecule has 1 aliphatic rings. The molecular weight excluding hydrogens is 367 g/mol. The highest BCUT2D eigenvalue weighted by atomic mass is 28.3. The number of nitriles is 1. The van der Waals surface area contributed by atoms with Crippen LogP contribution in [0.5, 0.6) is 0 Å². The Bertz CT molecular complexity index is 893. The molecule has 3 rings (SSSR count). The van der Waals surface area contributed by atoms with Gasteiger partial charge in [-0.05, 0) is 45.3 Å². The van der Waals surface area contributed by atoms with Crippen molar-refractivity contribution in [3.63, 3.8) is 0 Å². The molecular formula is C21H31BN2O3Si. The third-order valence-corrected chi connectivity index (χ3v) is 7.48. The first kappa shape index (κ1) is 21.1. The molecule has 7 heteroatoms. The van der Waals surface area contributed by atoms with Gasteiger partial charge in [-0.15, -0.1) is 0 Å². The second-order valence-electron chi connectivity index (χ2n) is 9.84. The Labute approximate surface area is 169 Å². The van der Waals surface area contributed by atoms with Gasteiger partial charge >= 0.3 is 7.12 Å². The normalized spacial score (nSPS) is 18.6. The van der Waals surface area contributed by atoms with Gasteiger partial charge in [0.15, 0.2) is 0 Å². The van der Waals surface area contributed by atoms with E-state index >= 15 is 0 Å². The van der Waals surface area contributed by atoms with E-state index < -0.39 is 15.2 Å². The van der Waals surface area contributed by atoms with Crippen LogP contribution in [0.1, 0.15) is 33.3 Å². The fourth-order valence-electron chi connectivity index (χ4n) is 3.18. The molecule has 28 heavy (non-hydrogen) atoms. The van der Waals surface area contributed by atoms with Crippen molar-refractivity contribution in [2.45, 2.75) is 71.3 Å². The largest absolute Gasteiger partial charge is 0.494 e. The first-order chi connectivity index (χ1) is 12.9. The minimum Gasteiger partial charge on any atom is -0.399 e. The van der Waals surface area contributed by atoms with Gasteiger partial charge < -0.3 is 18.6 Å². The van der Waals surface area contributed by atoms with Crippen LogP contribution < -0.4 is 5.46 Å². The lowest BCUT2D eigenvalue weighted by Gasteiger charge is -2.32. The number of hydrogen-bond donors (Lipinski definition) is 0. The maximum Gasteiger partial charge on any atom is 0.494 e. The quantitative estimate of drug-likeness (QED) is 0.543. The van der Waals surface area contributed by atoms with Crippen molar-refractivity contribution >= 4 is 31.6 Å². The second-order valence-corrected chi connectivity index (χ2v) is 15.5. The van der Waals surface area contributed by atoms with E-state index in [2.05, 4.69) is 25.7 Å². The van der Waals surface area contributed by atoms with Crippen molar-refractivity contribution in [3.8, 4) is 6.07 Å². The zero-order chi connectivity index (χ0) is 20.7. The Kier molecular flexibility index (Phi) is 5.54. The summed E-state index contributed by atoms with van der Waals surface area (Å²) in [7, 11) is -1.54. The van der Waals surface area contributed by atoms with Crippen molar-refractivity contribution in [1.29, 1.82) is 5.26 Å². The highest BCUT2D eigenvalue weighted by molar-refractivity contribution is 6.76. The van der Waals surface area contributed by atoms with Crippen LogP contribution in [0.15, 0.2) is 24.4 Å². The molecule has 0 amide bonds. The molecule has 0 radical (unpaired) electrons. The maximum absolute atomic E-state index is 9.59. The second kappa shape index (κ2) is 7.34. The van der Waals surface area contributed by atoms with Gasteiger partial charge in [-0.3, -0.25) is 0 Å².